The summed E-state index contributed by atoms with van der Waals surface area (Å²) in [6.07, 6.45) is 2.05. The third-order valence-corrected chi connectivity index (χ3v) is 9.14. The summed E-state index contributed by atoms with van der Waals surface area (Å²) in [5, 5.41) is 0. The zero-order chi connectivity index (χ0) is 28.5. The van der Waals surface area contributed by atoms with E-state index in [1.807, 2.05) is 48.2 Å². The number of benzene rings is 3. The van der Waals surface area contributed by atoms with Crippen molar-refractivity contribution in [1.29, 1.82) is 0 Å². The molecule has 41 heavy (non-hydrogen) atoms. The zero-order valence-corrected chi connectivity index (χ0v) is 24.2. The quantitative estimate of drug-likeness (QED) is 0.385. The summed E-state index contributed by atoms with van der Waals surface area (Å²) in [7, 11) is 0. The van der Waals surface area contributed by atoms with E-state index in [9.17, 15) is 9.59 Å². The molecule has 214 valence electrons. The molecule has 3 aliphatic rings. The summed E-state index contributed by atoms with van der Waals surface area (Å²) in [6.45, 7) is 11.5. The second-order valence-corrected chi connectivity index (χ2v) is 11.6. The van der Waals surface area contributed by atoms with Crippen molar-refractivity contribution in [3.05, 3.63) is 94.5 Å². The van der Waals surface area contributed by atoms with Crippen LogP contribution in [0.15, 0.2) is 66.7 Å². The third kappa shape index (κ3) is 5.61. The van der Waals surface area contributed by atoms with Gasteiger partial charge in [-0.15, -0.1) is 0 Å². The van der Waals surface area contributed by atoms with Gasteiger partial charge in [0.2, 0.25) is 6.79 Å². The number of fused-ring (bicyclic) bond motifs is 1. The Hall–Kier alpha value is -3.68. The average molecular weight is 554 g/mol. The van der Waals surface area contributed by atoms with Crippen molar-refractivity contribution < 1.29 is 19.1 Å². The summed E-state index contributed by atoms with van der Waals surface area (Å²) in [5.41, 5.74) is 4.36. The molecule has 0 spiro atoms. The van der Waals surface area contributed by atoms with Gasteiger partial charge < -0.3 is 14.4 Å². The Morgan fingerprint density at radius 3 is 2.29 bits per heavy atom. The molecule has 0 aromatic heterocycles. The number of piperazine rings is 1. The Balaban J connectivity index is 1.02. The molecule has 2 fully saturated rings. The highest BCUT2D eigenvalue weighted by Crippen LogP contribution is 2.33. The Morgan fingerprint density at radius 1 is 0.854 bits per heavy atom. The molecule has 0 saturated carbocycles. The number of ether oxygens (including phenoxy) is 2. The van der Waals surface area contributed by atoms with Crippen molar-refractivity contribution in [3.63, 3.8) is 0 Å². The van der Waals surface area contributed by atoms with Crippen molar-refractivity contribution >= 4 is 11.7 Å². The lowest BCUT2D eigenvalue weighted by atomic mass is 9.97. The van der Waals surface area contributed by atoms with Crippen LogP contribution in [-0.4, -0.2) is 78.0 Å². The minimum absolute atomic E-state index is 0.0175. The first-order valence-electron chi connectivity index (χ1n) is 14.8. The lowest BCUT2D eigenvalue weighted by Crippen LogP contribution is -2.57. The molecule has 0 bridgehead atoms. The standard InChI is InChI=1S/C34H39N3O4/c1-23-6-4-5-7-30(23)34(39)35-16-14-29(15-17-35)36-18-19-37(24(2)21-36)25(3)26-8-10-27(11-9-26)33(38)28-12-13-31-32(20-28)41-22-40-31/h4-13,20,24-25,29H,14-19,21-22H2,1-3H3/t24-,25+/m1/s1. The first kappa shape index (κ1) is 27.5. The second-order valence-electron chi connectivity index (χ2n) is 11.6. The van der Waals surface area contributed by atoms with Crippen LogP contribution in [0.4, 0.5) is 0 Å². The van der Waals surface area contributed by atoms with Crippen LogP contribution in [0, 0.1) is 6.92 Å². The number of hydrogen-bond acceptors (Lipinski definition) is 6. The van der Waals surface area contributed by atoms with Crippen molar-refractivity contribution in [2.45, 2.75) is 51.7 Å². The minimum atomic E-state index is -0.0175. The summed E-state index contributed by atoms with van der Waals surface area (Å²) in [4.78, 5) is 33.4. The second kappa shape index (κ2) is 11.7. The van der Waals surface area contributed by atoms with Crippen LogP contribution in [0.2, 0.25) is 0 Å². The maximum absolute atomic E-state index is 13.1. The fraction of sp³-hybridized carbons (Fsp3) is 0.412. The van der Waals surface area contributed by atoms with Crippen molar-refractivity contribution in [1.82, 2.24) is 14.7 Å². The maximum Gasteiger partial charge on any atom is 0.254 e. The first-order chi connectivity index (χ1) is 19.9. The summed E-state index contributed by atoms with van der Waals surface area (Å²) in [5.74, 6) is 1.45. The molecule has 3 aromatic carbocycles. The smallest absolute Gasteiger partial charge is 0.254 e. The fourth-order valence-electron chi connectivity index (χ4n) is 6.63. The van der Waals surface area contributed by atoms with Gasteiger partial charge in [0.1, 0.15) is 0 Å². The van der Waals surface area contributed by atoms with Gasteiger partial charge >= 0.3 is 0 Å². The van der Waals surface area contributed by atoms with Gasteiger partial charge in [0.05, 0.1) is 0 Å². The van der Waals surface area contributed by atoms with Crippen LogP contribution in [-0.2, 0) is 0 Å². The summed E-state index contributed by atoms with van der Waals surface area (Å²) >= 11 is 0. The SMILES string of the molecule is Cc1ccccc1C(=O)N1CCC(N2CCN([C@@H](C)c3ccc(C(=O)c4ccc5c(c4)OCO5)cc3)[C@H](C)C2)CC1. The van der Waals surface area contributed by atoms with Crippen LogP contribution in [0.1, 0.15) is 70.1 Å². The van der Waals surface area contributed by atoms with Crippen molar-refractivity contribution in [3.8, 4) is 11.5 Å². The van der Waals surface area contributed by atoms with Crippen LogP contribution >= 0.6 is 0 Å². The van der Waals surface area contributed by atoms with Crippen LogP contribution in [0.3, 0.4) is 0 Å². The molecule has 7 nitrogen and oxygen atoms in total. The van der Waals surface area contributed by atoms with Crippen LogP contribution < -0.4 is 9.47 Å². The van der Waals surface area contributed by atoms with E-state index in [4.69, 9.17) is 9.47 Å². The van der Waals surface area contributed by atoms with E-state index in [2.05, 4.69) is 35.8 Å². The summed E-state index contributed by atoms with van der Waals surface area (Å²) in [6, 6.07) is 22.5. The molecule has 1 amide bonds. The van der Waals surface area contributed by atoms with Crippen molar-refractivity contribution in [2.24, 2.45) is 0 Å². The maximum atomic E-state index is 13.1. The molecule has 7 heteroatoms. The van der Waals surface area contributed by atoms with E-state index >= 15 is 0 Å². The zero-order valence-electron chi connectivity index (χ0n) is 24.2. The van der Waals surface area contributed by atoms with E-state index in [-0.39, 0.29) is 24.5 Å². The van der Waals surface area contributed by atoms with Gasteiger partial charge in [-0.2, -0.15) is 0 Å². The first-order valence-corrected chi connectivity index (χ1v) is 14.8. The van der Waals surface area contributed by atoms with Gasteiger partial charge in [-0.3, -0.25) is 19.4 Å². The number of amides is 1. The normalized spacial score (nSPS) is 20.7. The number of ketones is 1. The highest BCUT2D eigenvalue weighted by Gasteiger charge is 2.34. The number of nitrogens with zero attached hydrogens (tertiary/aromatic N) is 3. The van der Waals surface area contributed by atoms with E-state index < -0.39 is 0 Å². The van der Waals surface area contributed by atoms with E-state index in [0.29, 0.717) is 34.7 Å². The number of likely N-dealkylation sites (tertiary alicyclic amines) is 1. The van der Waals surface area contributed by atoms with E-state index in [1.54, 1.807) is 18.2 Å². The molecule has 2 saturated heterocycles. The lowest BCUT2D eigenvalue weighted by Gasteiger charge is -2.47. The molecule has 0 N–H and O–H groups in total. The Labute approximate surface area is 242 Å². The Bertz CT molecular complexity index is 1410. The number of hydrogen-bond donors (Lipinski definition) is 0. The Morgan fingerprint density at radius 2 is 1.56 bits per heavy atom. The molecule has 3 aromatic rings. The number of carbonyl (C=O) groups is 2. The average Bonchev–Trinajstić information content (AvgIpc) is 3.49. The Kier molecular flexibility index (Phi) is 7.82. The van der Waals surface area contributed by atoms with Gasteiger partial charge in [0.15, 0.2) is 17.3 Å². The van der Waals surface area contributed by atoms with Crippen LogP contribution in [0.25, 0.3) is 0 Å². The number of aryl methyl sites for hydroxylation is 1. The third-order valence-electron chi connectivity index (χ3n) is 9.14. The van der Waals surface area contributed by atoms with Gasteiger partial charge in [0.25, 0.3) is 5.91 Å². The highest BCUT2D eigenvalue weighted by atomic mass is 16.7. The highest BCUT2D eigenvalue weighted by molar-refractivity contribution is 6.09. The van der Waals surface area contributed by atoms with E-state index in [0.717, 1.165) is 56.7 Å². The largest absolute Gasteiger partial charge is 0.454 e. The van der Waals surface area contributed by atoms with Crippen LogP contribution in [0.5, 0.6) is 11.5 Å². The predicted molar refractivity (Wildman–Crippen MR) is 159 cm³/mol. The topological polar surface area (TPSA) is 62.3 Å². The van der Waals surface area contributed by atoms with Gasteiger partial charge in [0, 0.05) is 67.5 Å². The van der Waals surface area contributed by atoms with Gasteiger partial charge in [-0.05, 0) is 69.0 Å². The molecule has 0 aliphatic carbocycles. The molecule has 3 heterocycles. The fourth-order valence-corrected chi connectivity index (χ4v) is 6.63. The van der Waals surface area contributed by atoms with Gasteiger partial charge in [-0.25, -0.2) is 0 Å². The molecular formula is C34H39N3O4. The predicted octanol–water partition coefficient (Wildman–Crippen LogP) is 5.33. The molecule has 2 atom stereocenters. The number of rotatable bonds is 6. The molecule has 0 radical (unpaired) electrons. The molecule has 6 rings (SSSR count). The number of carbonyl (C=O) groups excluding carboxylic acids is 2. The van der Waals surface area contributed by atoms with Gasteiger partial charge in [-0.1, -0.05) is 42.5 Å². The number of piperidine rings is 1. The monoisotopic (exact) mass is 553 g/mol. The summed E-state index contributed by atoms with van der Waals surface area (Å²) < 4.78 is 10.8. The lowest BCUT2D eigenvalue weighted by molar-refractivity contribution is 0.0135. The molecule has 0 unspecified atom stereocenters. The minimum Gasteiger partial charge on any atom is -0.454 e. The molecular weight excluding hydrogens is 514 g/mol. The molecule has 3 aliphatic heterocycles. The van der Waals surface area contributed by atoms with E-state index in [1.165, 1.54) is 5.56 Å². The van der Waals surface area contributed by atoms with Crippen molar-refractivity contribution in [2.75, 3.05) is 39.5 Å².